The maximum atomic E-state index is 13.4. The summed E-state index contributed by atoms with van der Waals surface area (Å²) in [6, 6.07) is 12.8. The van der Waals surface area contributed by atoms with Gasteiger partial charge >= 0.3 is 0 Å². The Morgan fingerprint density at radius 2 is 1.77 bits per heavy atom. The second-order valence-electron chi connectivity index (χ2n) is 8.33. The smallest absolute Gasteiger partial charge is 0.238 e. The number of aryl methyl sites for hydroxylation is 2. The predicted octanol–water partition coefficient (Wildman–Crippen LogP) is 2.66. The van der Waals surface area contributed by atoms with Crippen molar-refractivity contribution in [3.63, 3.8) is 0 Å². The molecule has 1 heterocycles. The molecule has 1 aliphatic heterocycles. The third-order valence-electron chi connectivity index (χ3n) is 5.51. The number of nitrogens with one attached hydrogen (secondary N) is 1. The van der Waals surface area contributed by atoms with Crippen molar-refractivity contribution >= 4 is 17.5 Å². The van der Waals surface area contributed by atoms with Crippen LogP contribution in [0, 0.1) is 19.7 Å². The van der Waals surface area contributed by atoms with E-state index >= 15 is 0 Å². The maximum absolute atomic E-state index is 13.4. The molecule has 0 aliphatic carbocycles. The highest BCUT2D eigenvalue weighted by molar-refractivity contribution is 5.93. The lowest BCUT2D eigenvalue weighted by Gasteiger charge is -2.35. The van der Waals surface area contributed by atoms with Crippen LogP contribution >= 0.6 is 0 Å². The minimum absolute atomic E-state index is 0.0208. The van der Waals surface area contributed by atoms with E-state index in [0.29, 0.717) is 18.8 Å². The molecule has 7 heteroatoms. The summed E-state index contributed by atoms with van der Waals surface area (Å²) in [7, 11) is 1.74. The molecule has 1 N–H and O–H groups in total. The highest BCUT2D eigenvalue weighted by atomic mass is 19.1. The molecule has 1 saturated heterocycles. The Hall–Kier alpha value is -2.77. The molecule has 0 spiro atoms. The van der Waals surface area contributed by atoms with Crippen LogP contribution < -0.4 is 5.32 Å². The van der Waals surface area contributed by atoms with Crippen LogP contribution in [-0.4, -0.2) is 72.8 Å². The first kappa shape index (κ1) is 22.9. The number of piperazine rings is 1. The van der Waals surface area contributed by atoms with E-state index in [1.807, 2.05) is 4.90 Å². The van der Waals surface area contributed by atoms with Crippen molar-refractivity contribution < 1.29 is 14.0 Å². The van der Waals surface area contributed by atoms with E-state index in [1.54, 1.807) is 24.9 Å². The molecule has 6 nitrogen and oxygen atoms in total. The van der Waals surface area contributed by atoms with Crippen LogP contribution in [0.1, 0.15) is 16.7 Å². The lowest BCUT2D eigenvalue weighted by molar-refractivity contribution is -0.134. The number of hydrogen-bond acceptors (Lipinski definition) is 4. The van der Waals surface area contributed by atoms with Crippen molar-refractivity contribution in [2.75, 3.05) is 51.6 Å². The van der Waals surface area contributed by atoms with E-state index in [-0.39, 0.29) is 24.9 Å². The topological polar surface area (TPSA) is 55.9 Å². The van der Waals surface area contributed by atoms with Gasteiger partial charge in [0.15, 0.2) is 0 Å². The Morgan fingerprint density at radius 1 is 1.03 bits per heavy atom. The van der Waals surface area contributed by atoms with Gasteiger partial charge in [-0.25, -0.2) is 4.39 Å². The summed E-state index contributed by atoms with van der Waals surface area (Å²) in [5, 5.41) is 2.72. The van der Waals surface area contributed by atoms with Crippen LogP contribution in [0.5, 0.6) is 0 Å². The van der Waals surface area contributed by atoms with Crippen molar-refractivity contribution in [1.29, 1.82) is 0 Å². The predicted molar refractivity (Wildman–Crippen MR) is 120 cm³/mol. The minimum Gasteiger partial charge on any atom is -0.339 e. The molecule has 0 aromatic heterocycles. The van der Waals surface area contributed by atoms with Crippen LogP contribution in [-0.2, 0) is 16.1 Å². The largest absolute Gasteiger partial charge is 0.339 e. The number of rotatable bonds is 7. The molecule has 0 radical (unpaired) electrons. The van der Waals surface area contributed by atoms with Gasteiger partial charge in [-0.15, -0.1) is 0 Å². The number of carbonyl (C=O) groups is 2. The summed E-state index contributed by atoms with van der Waals surface area (Å²) >= 11 is 0. The molecule has 1 aliphatic rings. The molecule has 0 bridgehead atoms. The fourth-order valence-corrected chi connectivity index (χ4v) is 3.77. The van der Waals surface area contributed by atoms with Gasteiger partial charge in [0.05, 0.1) is 13.1 Å². The fraction of sp³-hybridized carbons (Fsp3) is 0.417. The fourth-order valence-electron chi connectivity index (χ4n) is 3.77. The van der Waals surface area contributed by atoms with Crippen LogP contribution in [0.25, 0.3) is 0 Å². The molecule has 166 valence electrons. The van der Waals surface area contributed by atoms with Gasteiger partial charge in [0, 0.05) is 38.4 Å². The van der Waals surface area contributed by atoms with Crippen LogP contribution in [0.4, 0.5) is 10.1 Å². The normalized spacial score (nSPS) is 14.7. The Balaban J connectivity index is 1.41. The molecule has 0 unspecified atom stereocenters. The van der Waals surface area contributed by atoms with Crippen LogP contribution in [0.3, 0.4) is 0 Å². The van der Waals surface area contributed by atoms with E-state index in [9.17, 15) is 14.0 Å². The molecule has 0 atom stereocenters. The number of likely N-dealkylation sites (N-methyl/N-ethyl adjacent to an activating group) is 1. The molecule has 1 fully saturated rings. The number of hydrogen-bond donors (Lipinski definition) is 1. The number of anilines is 1. The van der Waals surface area contributed by atoms with Gasteiger partial charge in [-0.1, -0.05) is 35.9 Å². The Labute approximate surface area is 183 Å². The van der Waals surface area contributed by atoms with E-state index in [0.717, 1.165) is 25.2 Å². The third-order valence-corrected chi connectivity index (χ3v) is 5.51. The first-order valence-electron chi connectivity index (χ1n) is 10.6. The summed E-state index contributed by atoms with van der Waals surface area (Å²) < 4.78 is 13.4. The second kappa shape index (κ2) is 10.5. The molecule has 3 rings (SSSR count). The zero-order chi connectivity index (χ0) is 22.4. The summed E-state index contributed by atoms with van der Waals surface area (Å²) in [6.07, 6.45) is 0. The van der Waals surface area contributed by atoms with Gasteiger partial charge in [-0.3, -0.25) is 19.4 Å². The monoisotopic (exact) mass is 426 g/mol. The number of halogens is 1. The second-order valence-corrected chi connectivity index (χ2v) is 8.33. The number of benzene rings is 2. The summed E-state index contributed by atoms with van der Waals surface area (Å²) in [6.45, 7) is 8.08. The van der Waals surface area contributed by atoms with Gasteiger partial charge in [0.2, 0.25) is 11.8 Å². The van der Waals surface area contributed by atoms with Gasteiger partial charge in [0.1, 0.15) is 5.82 Å². The zero-order valence-electron chi connectivity index (χ0n) is 18.5. The average molecular weight is 427 g/mol. The van der Waals surface area contributed by atoms with E-state index in [4.69, 9.17) is 0 Å². The molecule has 2 aromatic rings. The number of nitrogens with zero attached hydrogens (tertiary/aromatic N) is 3. The van der Waals surface area contributed by atoms with Gasteiger partial charge in [0.25, 0.3) is 0 Å². The summed E-state index contributed by atoms with van der Waals surface area (Å²) in [5.74, 6) is -0.648. The highest BCUT2D eigenvalue weighted by Gasteiger charge is 2.22. The van der Waals surface area contributed by atoms with Crippen molar-refractivity contribution in [3.8, 4) is 0 Å². The number of amides is 2. The van der Waals surface area contributed by atoms with Crippen molar-refractivity contribution in [2.45, 2.75) is 20.4 Å². The van der Waals surface area contributed by atoms with Gasteiger partial charge < -0.3 is 10.2 Å². The average Bonchev–Trinajstić information content (AvgIpc) is 2.71. The Morgan fingerprint density at radius 3 is 2.48 bits per heavy atom. The number of carbonyl (C=O) groups excluding carboxylic acids is 2. The lowest BCUT2D eigenvalue weighted by Crippen LogP contribution is -2.51. The molecule has 2 amide bonds. The summed E-state index contributed by atoms with van der Waals surface area (Å²) in [5.41, 5.74) is 3.79. The quantitative estimate of drug-likeness (QED) is 0.740. The van der Waals surface area contributed by atoms with Gasteiger partial charge in [-0.05, 0) is 44.2 Å². The lowest BCUT2D eigenvalue weighted by atomic mass is 10.1. The Kier molecular flexibility index (Phi) is 7.76. The van der Waals surface area contributed by atoms with Crippen molar-refractivity contribution in [3.05, 3.63) is 65.0 Å². The first-order chi connectivity index (χ1) is 14.8. The molecular formula is C24H31FN4O2. The minimum atomic E-state index is -0.397. The van der Waals surface area contributed by atoms with E-state index in [1.165, 1.54) is 23.3 Å². The zero-order valence-corrected chi connectivity index (χ0v) is 18.5. The van der Waals surface area contributed by atoms with E-state index < -0.39 is 5.82 Å². The first-order valence-corrected chi connectivity index (χ1v) is 10.6. The standard InChI is InChI=1S/C24H31FN4O2/c1-18-5-4-6-20(13-18)15-28-9-11-29(12-10-28)24(31)17-27(3)16-23(30)26-22-14-21(25)8-7-19(22)2/h4-8,13-14H,9-12,15-17H2,1-3H3,(H,26,30). The maximum Gasteiger partial charge on any atom is 0.238 e. The molecular weight excluding hydrogens is 395 g/mol. The van der Waals surface area contributed by atoms with Crippen molar-refractivity contribution in [1.82, 2.24) is 14.7 Å². The van der Waals surface area contributed by atoms with E-state index in [2.05, 4.69) is 41.4 Å². The van der Waals surface area contributed by atoms with Crippen LogP contribution in [0.2, 0.25) is 0 Å². The van der Waals surface area contributed by atoms with Crippen molar-refractivity contribution in [2.24, 2.45) is 0 Å². The summed E-state index contributed by atoms with van der Waals surface area (Å²) in [4.78, 5) is 30.8. The third kappa shape index (κ3) is 6.87. The van der Waals surface area contributed by atoms with Gasteiger partial charge in [-0.2, -0.15) is 0 Å². The Bertz CT molecular complexity index is 926. The molecule has 31 heavy (non-hydrogen) atoms. The SMILES string of the molecule is Cc1cccc(CN2CCN(C(=O)CN(C)CC(=O)Nc3cc(F)ccc3C)CC2)c1. The van der Waals surface area contributed by atoms with Crippen LogP contribution in [0.15, 0.2) is 42.5 Å². The molecule has 2 aromatic carbocycles. The molecule has 0 saturated carbocycles. The highest BCUT2D eigenvalue weighted by Crippen LogP contribution is 2.16.